The molecule has 112 valence electrons. The molecule has 1 aliphatic rings. The fraction of sp³-hybridized carbons (Fsp3) is 0.471. The highest BCUT2D eigenvalue weighted by Crippen LogP contribution is 2.30. The number of hydrogen-bond donors (Lipinski definition) is 1. The second kappa shape index (κ2) is 6.20. The Balaban J connectivity index is 1.83. The molecule has 21 heavy (non-hydrogen) atoms. The molecule has 3 nitrogen and oxygen atoms in total. The van der Waals surface area contributed by atoms with Crippen molar-refractivity contribution in [3.63, 3.8) is 0 Å². The maximum Gasteiger partial charge on any atom is 0.0908 e. The van der Waals surface area contributed by atoms with Gasteiger partial charge >= 0.3 is 0 Å². The maximum absolute atomic E-state index is 6.24. The van der Waals surface area contributed by atoms with Crippen molar-refractivity contribution in [1.29, 1.82) is 0 Å². The van der Waals surface area contributed by atoms with Crippen molar-refractivity contribution in [2.24, 2.45) is 5.92 Å². The lowest BCUT2D eigenvalue weighted by atomic mass is 9.91. The first-order valence-electron chi connectivity index (χ1n) is 7.63. The van der Waals surface area contributed by atoms with E-state index in [9.17, 15) is 0 Å². The van der Waals surface area contributed by atoms with Gasteiger partial charge < -0.3 is 10.2 Å². The summed E-state index contributed by atoms with van der Waals surface area (Å²) in [5.74, 6) is 0.686. The van der Waals surface area contributed by atoms with E-state index in [0.29, 0.717) is 17.0 Å². The van der Waals surface area contributed by atoms with E-state index in [2.05, 4.69) is 41.3 Å². The number of halogens is 1. The number of anilines is 1. The summed E-state index contributed by atoms with van der Waals surface area (Å²) in [6.45, 7) is 4.66. The Morgan fingerprint density at radius 1 is 1.38 bits per heavy atom. The van der Waals surface area contributed by atoms with Gasteiger partial charge in [0.2, 0.25) is 0 Å². The van der Waals surface area contributed by atoms with Crippen LogP contribution in [0.15, 0.2) is 30.5 Å². The van der Waals surface area contributed by atoms with Crippen LogP contribution in [0.25, 0.3) is 10.9 Å². The Labute approximate surface area is 131 Å². The molecule has 0 aliphatic carbocycles. The van der Waals surface area contributed by atoms with Crippen LogP contribution in [0, 0.1) is 5.92 Å². The second-order valence-electron chi connectivity index (χ2n) is 6.09. The number of nitrogens with zero attached hydrogens (tertiary/aromatic N) is 2. The van der Waals surface area contributed by atoms with Gasteiger partial charge in [-0.1, -0.05) is 11.6 Å². The quantitative estimate of drug-likeness (QED) is 0.928. The fourth-order valence-corrected chi connectivity index (χ4v) is 3.46. The summed E-state index contributed by atoms with van der Waals surface area (Å²) in [5, 5.41) is 5.48. The van der Waals surface area contributed by atoms with Crippen LogP contribution in [-0.4, -0.2) is 36.1 Å². The van der Waals surface area contributed by atoms with Crippen LogP contribution in [-0.2, 0) is 0 Å². The molecule has 1 fully saturated rings. The molecule has 2 atom stereocenters. The third kappa shape index (κ3) is 3.14. The largest absolute Gasteiger partial charge is 0.382 e. The number of rotatable bonds is 3. The lowest BCUT2D eigenvalue weighted by molar-refractivity contribution is 0.198. The van der Waals surface area contributed by atoms with E-state index in [-0.39, 0.29) is 0 Å². The highest BCUT2D eigenvalue weighted by molar-refractivity contribution is 6.35. The summed E-state index contributed by atoms with van der Waals surface area (Å²) in [5.41, 5.74) is 2.00. The monoisotopic (exact) mass is 303 g/mol. The third-order valence-corrected chi connectivity index (χ3v) is 4.78. The Morgan fingerprint density at radius 2 is 2.24 bits per heavy atom. The van der Waals surface area contributed by atoms with Gasteiger partial charge in [0, 0.05) is 29.9 Å². The minimum Gasteiger partial charge on any atom is -0.382 e. The van der Waals surface area contributed by atoms with Crippen LogP contribution in [0.3, 0.4) is 0 Å². The highest BCUT2D eigenvalue weighted by Gasteiger charge is 2.23. The van der Waals surface area contributed by atoms with Crippen molar-refractivity contribution >= 4 is 28.2 Å². The molecular formula is C17H22ClN3. The lowest BCUT2D eigenvalue weighted by Gasteiger charge is -2.34. The van der Waals surface area contributed by atoms with Gasteiger partial charge in [-0.2, -0.15) is 0 Å². The predicted molar refractivity (Wildman–Crippen MR) is 90.1 cm³/mol. The summed E-state index contributed by atoms with van der Waals surface area (Å²) >= 11 is 6.24. The van der Waals surface area contributed by atoms with Gasteiger partial charge in [0.15, 0.2) is 0 Å². The maximum atomic E-state index is 6.24. The van der Waals surface area contributed by atoms with Gasteiger partial charge in [-0.15, -0.1) is 0 Å². The van der Waals surface area contributed by atoms with E-state index in [1.165, 1.54) is 19.4 Å². The minimum atomic E-state index is 0.442. The molecule has 1 aliphatic heterocycles. The van der Waals surface area contributed by atoms with Crippen molar-refractivity contribution in [3.8, 4) is 0 Å². The molecule has 3 rings (SSSR count). The van der Waals surface area contributed by atoms with Crippen LogP contribution in [0.5, 0.6) is 0 Å². The first-order valence-corrected chi connectivity index (χ1v) is 8.01. The molecule has 1 aromatic carbocycles. The number of hydrogen-bond acceptors (Lipinski definition) is 3. The zero-order chi connectivity index (χ0) is 14.8. The van der Waals surface area contributed by atoms with Crippen molar-refractivity contribution < 1.29 is 0 Å². The predicted octanol–water partition coefficient (Wildman–Crippen LogP) is 4.03. The summed E-state index contributed by atoms with van der Waals surface area (Å²) in [6, 6.07) is 8.48. The van der Waals surface area contributed by atoms with E-state index in [1.54, 1.807) is 6.20 Å². The molecule has 1 saturated heterocycles. The van der Waals surface area contributed by atoms with Gasteiger partial charge in [0.05, 0.1) is 10.5 Å². The highest BCUT2D eigenvalue weighted by atomic mass is 35.5. The Kier molecular flexibility index (Phi) is 4.32. The molecule has 0 radical (unpaired) electrons. The fourth-order valence-electron chi connectivity index (χ4n) is 3.24. The first-order chi connectivity index (χ1) is 10.1. The molecule has 4 heteroatoms. The molecule has 2 unspecified atom stereocenters. The van der Waals surface area contributed by atoms with Crippen LogP contribution in [0.4, 0.5) is 5.69 Å². The molecule has 1 N–H and O–H groups in total. The van der Waals surface area contributed by atoms with Crippen LogP contribution in [0.1, 0.15) is 19.8 Å². The zero-order valence-corrected chi connectivity index (χ0v) is 13.4. The normalized spacial score (nSPS) is 21.4. The summed E-state index contributed by atoms with van der Waals surface area (Å²) < 4.78 is 0. The topological polar surface area (TPSA) is 28.2 Å². The van der Waals surface area contributed by atoms with E-state index in [4.69, 9.17) is 11.6 Å². The van der Waals surface area contributed by atoms with Crippen molar-refractivity contribution in [2.75, 3.05) is 25.5 Å². The summed E-state index contributed by atoms with van der Waals surface area (Å²) in [7, 11) is 2.21. The van der Waals surface area contributed by atoms with E-state index < -0.39 is 0 Å². The molecular weight excluding hydrogens is 282 g/mol. The summed E-state index contributed by atoms with van der Waals surface area (Å²) in [4.78, 5) is 6.82. The number of likely N-dealkylation sites (tertiary alicyclic amines) is 1. The standard InChI is InChI=1S/C17H22ClN3/c1-12(13-5-4-10-21(2)11-13)20-16-8-7-15(18)17-14(16)6-3-9-19-17/h3,6-9,12-13,20H,4-5,10-11H2,1-2H3. The molecule has 0 saturated carbocycles. The number of nitrogens with one attached hydrogen (secondary N) is 1. The van der Waals surface area contributed by atoms with Crippen molar-refractivity contribution in [2.45, 2.75) is 25.8 Å². The van der Waals surface area contributed by atoms with Crippen LogP contribution < -0.4 is 5.32 Å². The third-order valence-electron chi connectivity index (χ3n) is 4.47. The average Bonchev–Trinajstić information content (AvgIpc) is 2.50. The number of fused-ring (bicyclic) bond motifs is 1. The van der Waals surface area contributed by atoms with Gasteiger partial charge in [-0.3, -0.25) is 4.98 Å². The molecule has 2 heterocycles. The Hall–Kier alpha value is -1.32. The lowest BCUT2D eigenvalue weighted by Crippen LogP contribution is -2.39. The van der Waals surface area contributed by atoms with Crippen LogP contribution in [0.2, 0.25) is 5.02 Å². The Morgan fingerprint density at radius 3 is 3.05 bits per heavy atom. The van der Waals surface area contributed by atoms with Gasteiger partial charge in [0.1, 0.15) is 0 Å². The second-order valence-corrected chi connectivity index (χ2v) is 6.50. The number of aromatic nitrogens is 1. The van der Waals surface area contributed by atoms with Crippen molar-refractivity contribution in [1.82, 2.24) is 9.88 Å². The van der Waals surface area contributed by atoms with Crippen LogP contribution >= 0.6 is 11.6 Å². The SMILES string of the molecule is CC(Nc1ccc(Cl)c2ncccc12)C1CCCN(C)C1. The number of piperidine rings is 1. The zero-order valence-electron chi connectivity index (χ0n) is 12.6. The van der Waals surface area contributed by atoms with Gasteiger partial charge in [0.25, 0.3) is 0 Å². The van der Waals surface area contributed by atoms with Gasteiger partial charge in [-0.05, 0) is 63.5 Å². The molecule has 2 aromatic rings. The Bertz CT molecular complexity index is 628. The smallest absolute Gasteiger partial charge is 0.0908 e. The molecule has 1 aromatic heterocycles. The molecule has 0 bridgehead atoms. The summed E-state index contributed by atoms with van der Waals surface area (Å²) in [6.07, 6.45) is 4.37. The first kappa shape index (κ1) is 14.6. The van der Waals surface area contributed by atoms with E-state index in [0.717, 1.165) is 23.1 Å². The van der Waals surface area contributed by atoms with Crippen molar-refractivity contribution in [3.05, 3.63) is 35.5 Å². The van der Waals surface area contributed by atoms with E-state index in [1.807, 2.05) is 12.1 Å². The molecule has 0 spiro atoms. The van der Waals surface area contributed by atoms with Gasteiger partial charge in [-0.25, -0.2) is 0 Å². The number of benzene rings is 1. The average molecular weight is 304 g/mol. The molecule has 0 amide bonds. The van der Waals surface area contributed by atoms with E-state index >= 15 is 0 Å². The number of pyridine rings is 1. The minimum absolute atomic E-state index is 0.442.